The van der Waals surface area contributed by atoms with Gasteiger partial charge in [-0.15, -0.1) is 0 Å². The first kappa shape index (κ1) is 16.8. The largest absolute Gasteiger partial charge is 0.381 e. The topological polar surface area (TPSA) is 62.7 Å². The molecule has 0 unspecified atom stereocenters. The van der Waals surface area contributed by atoms with E-state index in [0.717, 1.165) is 38.3 Å². The third kappa shape index (κ3) is 3.55. The maximum Gasteiger partial charge on any atom is 0.244 e. The van der Waals surface area contributed by atoms with E-state index in [2.05, 4.69) is 9.88 Å². The zero-order valence-corrected chi connectivity index (χ0v) is 14.0. The molecule has 3 rings (SSSR count). The fourth-order valence-electron chi connectivity index (χ4n) is 3.36. The van der Waals surface area contributed by atoms with Crippen molar-refractivity contribution in [2.75, 3.05) is 32.8 Å². The van der Waals surface area contributed by atoms with Crippen LogP contribution < -0.4 is 0 Å². The standard InChI is InChI=1S/C15H22FN3O3S/c1-12-11-18(13-4-8-22-9-5-13)6-7-19(12)23(20,21)14-2-3-15(16)17-10-14/h2-3,10,12-13H,4-9,11H2,1H3/t12-/m0/s1. The number of ether oxygens (including phenoxy) is 1. The van der Waals surface area contributed by atoms with Gasteiger partial charge in [0.1, 0.15) is 4.90 Å². The first-order valence-corrected chi connectivity index (χ1v) is 9.37. The van der Waals surface area contributed by atoms with Crippen LogP contribution in [-0.4, -0.2) is 67.5 Å². The Bertz CT molecular complexity index is 632. The highest BCUT2D eigenvalue weighted by atomic mass is 32.2. The summed E-state index contributed by atoms with van der Waals surface area (Å²) in [5.41, 5.74) is 0. The number of nitrogens with zero attached hydrogens (tertiary/aromatic N) is 3. The van der Waals surface area contributed by atoms with Crippen LogP contribution >= 0.6 is 0 Å². The first-order valence-electron chi connectivity index (χ1n) is 7.93. The van der Waals surface area contributed by atoms with Gasteiger partial charge in [0.25, 0.3) is 0 Å². The van der Waals surface area contributed by atoms with Crippen LogP contribution in [0.25, 0.3) is 0 Å². The zero-order chi connectivity index (χ0) is 16.4. The number of hydrogen-bond donors (Lipinski definition) is 0. The Balaban J connectivity index is 1.71. The molecule has 2 saturated heterocycles. The van der Waals surface area contributed by atoms with Crippen LogP contribution in [0.3, 0.4) is 0 Å². The molecule has 0 amide bonds. The molecule has 2 aliphatic rings. The maximum absolute atomic E-state index is 12.9. The third-order valence-corrected chi connectivity index (χ3v) is 6.61. The van der Waals surface area contributed by atoms with Crippen LogP contribution in [0.4, 0.5) is 4.39 Å². The molecule has 0 aliphatic carbocycles. The van der Waals surface area contributed by atoms with Gasteiger partial charge in [0.2, 0.25) is 16.0 Å². The Labute approximate surface area is 136 Å². The lowest BCUT2D eigenvalue weighted by Crippen LogP contribution is -2.57. The van der Waals surface area contributed by atoms with Gasteiger partial charge in [-0.1, -0.05) is 0 Å². The Hall–Kier alpha value is -1.09. The van der Waals surface area contributed by atoms with E-state index in [1.165, 1.54) is 10.4 Å². The molecule has 8 heteroatoms. The average molecular weight is 343 g/mol. The SMILES string of the molecule is C[C@H]1CN(C2CCOCC2)CCN1S(=O)(=O)c1ccc(F)nc1. The summed E-state index contributed by atoms with van der Waals surface area (Å²) < 4.78 is 45.2. The van der Waals surface area contributed by atoms with Crippen molar-refractivity contribution in [1.82, 2.24) is 14.2 Å². The smallest absolute Gasteiger partial charge is 0.244 e. The second-order valence-corrected chi connectivity index (χ2v) is 8.01. The van der Waals surface area contributed by atoms with Gasteiger partial charge in [-0.05, 0) is 31.9 Å². The van der Waals surface area contributed by atoms with Crippen molar-refractivity contribution in [3.8, 4) is 0 Å². The van der Waals surface area contributed by atoms with Gasteiger partial charge in [0, 0.05) is 44.9 Å². The lowest BCUT2D eigenvalue weighted by Gasteiger charge is -2.43. The minimum Gasteiger partial charge on any atom is -0.381 e. The van der Waals surface area contributed by atoms with E-state index in [1.54, 1.807) is 0 Å². The molecular weight excluding hydrogens is 321 g/mol. The van der Waals surface area contributed by atoms with Gasteiger partial charge in [0.15, 0.2) is 0 Å². The van der Waals surface area contributed by atoms with Gasteiger partial charge in [-0.3, -0.25) is 4.90 Å². The molecule has 3 heterocycles. The minimum absolute atomic E-state index is 0.0465. The van der Waals surface area contributed by atoms with Crippen LogP contribution in [0.2, 0.25) is 0 Å². The second-order valence-electron chi connectivity index (χ2n) is 6.12. The zero-order valence-electron chi connectivity index (χ0n) is 13.2. The van der Waals surface area contributed by atoms with E-state index in [-0.39, 0.29) is 10.9 Å². The van der Waals surface area contributed by atoms with Gasteiger partial charge >= 0.3 is 0 Å². The number of aromatic nitrogens is 1. The van der Waals surface area contributed by atoms with E-state index in [1.807, 2.05) is 6.92 Å². The molecule has 0 radical (unpaired) electrons. The first-order chi connectivity index (χ1) is 11.0. The minimum atomic E-state index is -3.63. The van der Waals surface area contributed by atoms with Crippen LogP contribution in [-0.2, 0) is 14.8 Å². The number of piperazine rings is 1. The van der Waals surface area contributed by atoms with E-state index in [9.17, 15) is 12.8 Å². The molecule has 0 spiro atoms. The van der Waals surface area contributed by atoms with Crippen LogP contribution in [0, 0.1) is 5.95 Å². The molecule has 1 aromatic heterocycles. The summed E-state index contributed by atoms with van der Waals surface area (Å²) in [6.07, 6.45) is 3.09. The van der Waals surface area contributed by atoms with Gasteiger partial charge in [-0.2, -0.15) is 8.70 Å². The Morgan fingerprint density at radius 1 is 1.26 bits per heavy atom. The number of pyridine rings is 1. The molecule has 0 saturated carbocycles. The third-order valence-electron chi connectivity index (χ3n) is 4.61. The van der Waals surface area contributed by atoms with Crippen molar-refractivity contribution in [2.45, 2.75) is 36.7 Å². The molecule has 6 nitrogen and oxygen atoms in total. The van der Waals surface area contributed by atoms with Gasteiger partial charge < -0.3 is 4.74 Å². The van der Waals surface area contributed by atoms with Crippen molar-refractivity contribution in [1.29, 1.82) is 0 Å². The van der Waals surface area contributed by atoms with Crippen molar-refractivity contribution >= 4 is 10.0 Å². The van der Waals surface area contributed by atoms with E-state index in [4.69, 9.17) is 4.74 Å². The Morgan fingerprint density at radius 3 is 2.61 bits per heavy atom. The van der Waals surface area contributed by atoms with Gasteiger partial charge in [0.05, 0.1) is 6.20 Å². The fourth-order valence-corrected chi connectivity index (χ4v) is 4.92. The summed E-state index contributed by atoms with van der Waals surface area (Å²) in [5, 5.41) is 0. The molecule has 0 N–H and O–H groups in total. The molecule has 0 aromatic carbocycles. The van der Waals surface area contributed by atoms with Gasteiger partial charge in [-0.25, -0.2) is 13.4 Å². The molecule has 128 valence electrons. The summed E-state index contributed by atoms with van der Waals surface area (Å²) in [4.78, 5) is 5.87. The fraction of sp³-hybridized carbons (Fsp3) is 0.667. The van der Waals surface area contributed by atoms with Crippen LogP contribution in [0.15, 0.2) is 23.2 Å². The second kappa shape index (κ2) is 6.80. The number of rotatable bonds is 3. The molecule has 2 fully saturated rings. The Morgan fingerprint density at radius 2 is 2.00 bits per heavy atom. The quantitative estimate of drug-likeness (QED) is 0.769. The van der Waals surface area contributed by atoms with Crippen LogP contribution in [0.1, 0.15) is 19.8 Å². The summed E-state index contributed by atoms with van der Waals surface area (Å²) in [6, 6.07) is 2.70. The highest BCUT2D eigenvalue weighted by Gasteiger charge is 2.36. The lowest BCUT2D eigenvalue weighted by molar-refractivity contribution is 0.0137. The van der Waals surface area contributed by atoms with E-state index < -0.39 is 16.0 Å². The predicted molar refractivity (Wildman–Crippen MR) is 83.0 cm³/mol. The summed E-state index contributed by atoms with van der Waals surface area (Å²) in [7, 11) is -3.63. The van der Waals surface area contributed by atoms with Crippen molar-refractivity contribution in [3.63, 3.8) is 0 Å². The van der Waals surface area contributed by atoms with Crippen molar-refractivity contribution < 1.29 is 17.5 Å². The van der Waals surface area contributed by atoms with E-state index in [0.29, 0.717) is 25.7 Å². The molecular formula is C15H22FN3O3S. The molecule has 23 heavy (non-hydrogen) atoms. The predicted octanol–water partition coefficient (Wildman–Crippen LogP) is 1.09. The highest BCUT2D eigenvalue weighted by molar-refractivity contribution is 7.89. The normalized spacial score (nSPS) is 25.6. The lowest BCUT2D eigenvalue weighted by atomic mass is 10.1. The molecule has 2 aliphatic heterocycles. The van der Waals surface area contributed by atoms with Crippen molar-refractivity contribution in [2.24, 2.45) is 0 Å². The number of sulfonamides is 1. The molecule has 0 bridgehead atoms. The molecule has 1 aromatic rings. The van der Waals surface area contributed by atoms with E-state index >= 15 is 0 Å². The maximum atomic E-state index is 12.9. The average Bonchev–Trinajstić information content (AvgIpc) is 2.56. The number of hydrogen-bond acceptors (Lipinski definition) is 5. The number of halogens is 1. The van der Waals surface area contributed by atoms with Crippen LogP contribution in [0.5, 0.6) is 0 Å². The summed E-state index contributed by atoms with van der Waals surface area (Å²) in [5.74, 6) is -0.679. The summed E-state index contributed by atoms with van der Waals surface area (Å²) in [6.45, 7) is 5.33. The molecule has 1 atom stereocenters. The van der Waals surface area contributed by atoms with Crippen molar-refractivity contribution in [3.05, 3.63) is 24.3 Å². The summed E-state index contributed by atoms with van der Waals surface area (Å²) >= 11 is 0. The monoisotopic (exact) mass is 343 g/mol. The Kier molecular flexibility index (Phi) is 4.96. The highest BCUT2D eigenvalue weighted by Crippen LogP contribution is 2.24.